The quantitative estimate of drug-likeness (QED) is 0.272. The van der Waals surface area contributed by atoms with Crippen LogP contribution in [0.25, 0.3) is 16.7 Å². The first kappa shape index (κ1) is 27.7. The highest BCUT2D eigenvalue weighted by Gasteiger charge is 2.27. The molecule has 3 aromatic heterocycles. The minimum Gasteiger partial charge on any atom is -0.395 e. The molecule has 1 amide bonds. The molecule has 40 heavy (non-hydrogen) atoms. The molecule has 1 aliphatic rings. The van der Waals surface area contributed by atoms with Crippen LogP contribution < -0.4 is 16.3 Å². The Hall–Kier alpha value is -3.83. The highest BCUT2D eigenvalue weighted by atomic mass is 35.5. The minimum absolute atomic E-state index is 0.0102. The van der Waals surface area contributed by atoms with Crippen molar-refractivity contribution >= 4 is 34.4 Å². The molecule has 0 radical (unpaired) electrons. The number of halogens is 3. The van der Waals surface area contributed by atoms with E-state index in [4.69, 9.17) is 16.7 Å². The van der Waals surface area contributed by atoms with Crippen molar-refractivity contribution in [1.29, 1.82) is 0 Å². The number of alkyl halides is 2. The predicted octanol–water partition coefficient (Wildman–Crippen LogP) is 4.57. The molecule has 4 aromatic rings. The van der Waals surface area contributed by atoms with Gasteiger partial charge in [0.25, 0.3) is 12.3 Å². The van der Waals surface area contributed by atoms with Gasteiger partial charge in [0.15, 0.2) is 0 Å². The van der Waals surface area contributed by atoms with E-state index in [0.29, 0.717) is 37.4 Å². The molecule has 5 rings (SSSR count). The Morgan fingerprint density at radius 1 is 1.07 bits per heavy atom. The number of hydrogen-bond donors (Lipinski definition) is 3. The second kappa shape index (κ2) is 12.1. The van der Waals surface area contributed by atoms with Crippen molar-refractivity contribution in [3.63, 3.8) is 0 Å². The summed E-state index contributed by atoms with van der Waals surface area (Å²) in [5, 5.41) is 15.0. The second-order valence-corrected chi connectivity index (χ2v) is 10.3. The topological polar surface area (TPSA) is 114 Å². The first-order valence-corrected chi connectivity index (χ1v) is 13.5. The molecule has 9 nitrogen and oxygen atoms in total. The summed E-state index contributed by atoms with van der Waals surface area (Å²) in [6.45, 7) is 0.889. The van der Waals surface area contributed by atoms with Gasteiger partial charge >= 0.3 is 5.69 Å². The lowest BCUT2D eigenvalue weighted by Crippen LogP contribution is -2.39. The molecule has 12 heteroatoms. The molecule has 1 aromatic carbocycles. The maximum absolute atomic E-state index is 13.6. The van der Waals surface area contributed by atoms with Crippen molar-refractivity contribution in [2.75, 3.05) is 18.5 Å². The summed E-state index contributed by atoms with van der Waals surface area (Å²) in [7, 11) is 0. The van der Waals surface area contributed by atoms with E-state index in [2.05, 4.69) is 20.6 Å². The van der Waals surface area contributed by atoms with Gasteiger partial charge in [-0.05, 0) is 61.9 Å². The van der Waals surface area contributed by atoms with Crippen LogP contribution in [0.4, 0.5) is 14.6 Å². The maximum atomic E-state index is 13.6. The second-order valence-electron chi connectivity index (χ2n) is 9.85. The van der Waals surface area contributed by atoms with Crippen molar-refractivity contribution in [2.45, 2.75) is 44.7 Å². The Balaban J connectivity index is 1.28. The van der Waals surface area contributed by atoms with Crippen molar-refractivity contribution in [3.8, 4) is 5.69 Å². The number of imidazole rings is 1. The lowest BCUT2D eigenvalue weighted by atomic mass is 9.85. The summed E-state index contributed by atoms with van der Waals surface area (Å²) in [5.74, 6) is 0.201. The third-order valence-corrected chi connectivity index (χ3v) is 7.43. The minimum atomic E-state index is -2.88. The molecule has 3 heterocycles. The van der Waals surface area contributed by atoms with Crippen LogP contribution in [-0.2, 0) is 6.54 Å². The van der Waals surface area contributed by atoms with Gasteiger partial charge in [-0.1, -0.05) is 23.7 Å². The summed E-state index contributed by atoms with van der Waals surface area (Å²) in [5.41, 5.74) is 1.27. The zero-order valence-electron chi connectivity index (χ0n) is 21.6. The number of nitrogens with one attached hydrogen (secondary N) is 2. The van der Waals surface area contributed by atoms with Crippen molar-refractivity contribution in [3.05, 3.63) is 81.6 Å². The van der Waals surface area contributed by atoms with E-state index in [9.17, 15) is 18.4 Å². The van der Waals surface area contributed by atoms with Crippen LogP contribution in [0, 0.1) is 5.92 Å². The summed E-state index contributed by atoms with van der Waals surface area (Å²) in [6.07, 6.45) is 2.69. The van der Waals surface area contributed by atoms with Crippen LogP contribution in [0.2, 0.25) is 5.02 Å². The van der Waals surface area contributed by atoms with Gasteiger partial charge < -0.3 is 15.7 Å². The van der Waals surface area contributed by atoms with Gasteiger partial charge in [-0.25, -0.2) is 18.6 Å². The number of amides is 1. The smallest absolute Gasteiger partial charge is 0.333 e. The fraction of sp³-hybridized carbons (Fsp3) is 0.357. The van der Waals surface area contributed by atoms with E-state index >= 15 is 0 Å². The summed E-state index contributed by atoms with van der Waals surface area (Å²) >= 11 is 5.89. The zero-order chi connectivity index (χ0) is 28.2. The molecule has 1 aliphatic carbocycles. The number of aromatic nitrogens is 4. The van der Waals surface area contributed by atoms with Gasteiger partial charge in [0, 0.05) is 25.3 Å². The molecule has 0 saturated heterocycles. The van der Waals surface area contributed by atoms with Gasteiger partial charge in [0.05, 0.1) is 40.1 Å². The van der Waals surface area contributed by atoms with E-state index < -0.39 is 18.0 Å². The number of aliphatic hydroxyl groups is 1. The van der Waals surface area contributed by atoms with Crippen LogP contribution in [0.5, 0.6) is 0 Å². The number of benzene rings is 1. The number of carbonyl (C=O) groups is 1. The van der Waals surface area contributed by atoms with Crippen LogP contribution in [0.1, 0.15) is 48.2 Å². The Morgan fingerprint density at radius 2 is 1.82 bits per heavy atom. The zero-order valence-corrected chi connectivity index (χ0v) is 22.3. The number of fused-ring (bicyclic) bond motifs is 1. The lowest BCUT2D eigenvalue weighted by Gasteiger charge is -2.29. The third-order valence-electron chi connectivity index (χ3n) is 7.22. The Bertz CT molecular complexity index is 1550. The molecule has 3 N–H and O–H groups in total. The van der Waals surface area contributed by atoms with Gasteiger partial charge in [-0.3, -0.25) is 18.9 Å². The van der Waals surface area contributed by atoms with E-state index in [1.165, 1.54) is 6.07 Å². The SMILES string of the molecule is O=C(NC1CCC(Cn2c(=O)n(-c3ccc(NCCO)nc3)c3ccccc32)CC1)c1cc(Cl)cnc1C(F)F. The van der Waals surface area contributed by atoms with E-state index in [1.54, 1.807) is 21.4 Å². The van der Waals surface area contributed by atoms with Crippen LogP contribution in [-0.4, -0.2) is 49.3 Å². The normalized spacial score (nSPS) is 17.3. The number of nitrogens with zero attached hydrogens (tertiary/aromatic N) is 4. The first-order chi connectivity index (χ1) is 19.4. The van der Waals surface area contributed by atoms with Gasteiger partial charge in [-0.15, -0.1) is 0 Å². The average Bonchev–Trinajstić information content (AvgIpc) is 3.23. The van der Waals surface area contributed by atoms with Gasteiger partial charge in [-0.2, -0.15) is 0 Å². The monoisotopic (exact) mass is 570 g/mol. The van der Waals surface area contributed by atoms with Crippen LogP contribution >= 0.6 is 11.6 Å². The number of rotatable bonds is 9. The number of hydrogen-bond acceptors (Lipinski definition) is 6. The highest BCUT2D eigenvalue weighted by Crippen LogP contribution is 2.29. The first-order valence-electron chi connectivity index (χ1n) is 13.1. The standard InChI is InChI=1S/C28H29ClF2N6O3/c29-18-13-21(25(26(30)31)34-14-18)27(39)35-19-7-5-17(6-8-19)16-36-22-3-1-2-4-23(22)37(28(36)40)20-9-10-24(33-15-20)32-11-12-38/h1-4,9-10,13-15,17,19,26,38H,5-8,11-12,16H2,(H,32,33)(H,35,39). The number of aliphatic hydroxyl groups excluding tert-OH is 1. The van der Waals surface area contributed by atoms with Crippen molar-refractivity contribution < 1.29 is 18.7 Å². The van der Waals surface area contributed by atoms with E-state index in [-0.39, 0.29) is 34.8 Å². The van der Waals surface area contributed by atoms with E-state index in [1.807, 2.05) is 30.3 Å². The summed E-state index contributed by atoms with van der Waals surface area (Å²) in [4.78, 5) is 34.4. The maximum Gasteiger partial charge on any atom is 0.333 e. The molecule has 0 unspecified atom stereocenters. The van der Waals surface area contributed by atoms with Crippen molar-refractivity contribution in [2.24, 2.45) is 5.92 Å². The Kier molecular flexibility index (Phi) is 8.41. The molecule has 1 fully saturated rings. The molecule has 0 bridgehead atoms. The lowest BCUT2D eigenvalue weighted by molar-refractivity contribution is 0.0904. The number of anilines is 1. The summed E-state index contributed by atoms with van der Waals surface area (Å²) in [6, 6.07) is 12.2. The van der Waals surface area contributed by atoms with Gasteiger partial charge in [0.1, 0.15) is 11.5 Å². The number of carbonyl (C=O) groups excluding carboxylic acids is 1. The highest BCUT2D eigenvalue weighted by molar-refractivity contribution is 6.30. The summed E-state index contributed by atoms with van der Waals surface area (Å²) < 4.78 is 30.1. The molecular formula is C28H29ClF2N6O3. The molecule has 210 valence electrons. The largest absolute Gasteiger partial charge is 0.395 e. The fourth-order valence-corrected chi connectivity index (χ4v) is 5.42. The molecule has 0 spiro atoms. The van der Waals surface area contributed by atoms with Gasteiger partial charge in [0.2, 0.25) is 0 Å². The van der Waals surface area contributed by atoms with Crippen LogP contribution in [0.3, 0.4) is 0 Å². The molecule has 1 saturated carbocycles. The predicted molar refractivity (Wildman–Crippen MR) is 148 cm³/mol. The van der Waals surface area contributed by atoms with Crippen LogP contribution in [0.15, 0.2) is 59.7 Å². The Labute approximate surface area is 233 Å². The van der Waals surface area contributed by atoms with E-state index in [0.717, 1.165) is 30.1 Å². The average molecular weight is 571 g/mol. The van der Waals surface area contributed by atoms with Crippen molar-refractivity contribution in [1.82, 2.24) is 24.4 Å². The Morgan fingerprint density at radius 3 is 2.50 bits per heavy atom. The number of para-hydroxylation sites is 2. The molecule has 0 atom stereocenters. The molecule has 0 aliphatic heterocycles. The fourth-order valence-electron chi connectivity index (χ4n) is 5.26. The third kappa shape index (κ3) is 5.85. The number of pyridine rings is 2. The molecular weight excluding hydrogens is 542 g/mol.